The van der Waals surface area contributed by atoms with Crippen molar-refractivity contribution in [2.45, 2.75) is 86.0 Å². The monoisotopic (exact) mass is 389 g/mol. The lowest BCUT2D eigenvalue weighted by Gasteiger charge is -2.48. The van der Waals surface area contributed by atoms with Gasteiger partial charge in [0.15, 0.2) is 0 Å². The lowest BCUT2D eigenvalue weighted by molar-refractivity contribution is 0.273. The fourth-order valence-corrected chi connectivity index (χ4v) is 8.91. The minimum Gasteiger partial charge on any atom is -0.136 e. The fourth-order valence-electron chi connectivity index (χ4n) is 3.89. The highest BCUT2D eigenvalue weighted by molar-refractivity contribution is 7.66. The number of hydrogen-bond acceptors (Lipinski definition) is 4. The molecule has 0 amide bonds. The first-order valence-electron chi connectivity index (χ1n) is 11.3. The molecular weight excluding hydrogens is 339 g/mol. The van der Waals surface area contributed by atoms with E-state index in [1.165, 1.54) is 84.1 Å². The molecule has 0 aliphatic rings. The van der Waals surface area contributed by atoms with Crippen molar-refractivity contribution >= 4 is 7.87 Å². The van der Waals surface area contributed by atoms with Gasteiger partial charge in [0, 0.05) is 53.9 Å². The van der Waals surface area contributed by atoms with E-state index < -0.39 is 7.87 Å². The van der Waals surface area contributed by atoms with Crippen LogP contribution in [0.25, 0.3) is 0 Å². The van der Waals surface area contributed by atoms with Crippen molar-refractivity contribution < 1.29 is 0 Å². The molecule has 0 aromatic rings. The molecule has 0 saturated heterocycles. The number of hydrogen-bond donors (Lipinski definition) is 0. The molecule has 0 atom stereocenters. The highest BCUT2D eigenvalue weighted by atomic mass is 31.2. The average molecular weight is 390 g/mol. The van der Waals surface area contributed by atoms with Crippen molar-refractivity contribution in [3.63, 3.8) is 0 Å². The molecule has 0 aliphatic heterocycles. The number of rotatable bonds is 17. The van der Waals surface area contributed by atoms with E-state index in [0.717, 1.165) is 0 Å². The van der Waals surface area contributed by atoms with Crippen LogP contribution in [-0.2, 0) is 0 Å². The zero-order valence-corrected chi connectivity index (χ0v) is 20.3. The van der Waals surface area contributed by atoms with Crippen LogP contribution in [0, 0.1) is 0 Å². The third-order valence-corrected chi connectivity index (χ3v) is 9.73. The Morgan fingerprint density at radius 1 is 0.462 bits per heavy atom. The highest BCUT2D eigenvalue weighted by Crippen LogP contribution is 2.68. The molecule has 0 spiro atoms. The Hall–Kier alpha value is 0.270. The van der Waals surface area contributed by atoms with Crippen LogP contribution in [0.15, 0.2) is 0 Å². The second kappa shape index (κ2) is 15.2. The third-order valence-electron chi connectivity index (χ3n) is 5.22. The van der Waals surface area contributed by atoms with Gasteiger partial charge in [-0.05, 0) is 32.1 Å². The second-order valence-electron chi connectivity index (χ2n) is 7.69. The summed E-state index contributed by atoms with van der Waals surface area (Å²) in [7, 11) is 5.52. The van der Waals surface area contributed by atoms with Gasteiger partial charge in [-0.25, -0.2) is 0 Å². The van der Waals surface area contributed by atoms with Gasteiger partial charge >= 0.3 is 7.87 Å². The van der Waals surface area contributed by atoms with E-state index in [1.54, 1.807) is 0 Å². The largest absolute Gasteiger partial charge is 0.307 e. The maximum Gasteiger partial charge on any atom is 0.307 e. The summed E-state index contributed by atoms with van der Waals surface area (Å²) >= 11 is 0. The molecule has 5 heteroatoms. The molecule has 4 nitrogen and oxygen atoms in total. The smallest absolute Gasteiger partial charge is 0.136 e. The van der Waals surface area contributed by atoms with Crippen LogP contribution in [0.1, 0.15) is 86.0 Å². The van der Waals surface area contributed by atoms with Gasteiger partial charge in [0.1, 0.15) is 0 Å². The van der Waals surface area contributed by atoms with Gasteiger partial charge in [0.05, 0.1) is 0 Å². The summed E-state index contributed by atoms with van der Waals surface area (Å²) in [4.78, 5) is 0. The first kappa shape index (κ1) is 26.3. The maximum absolute atomic E-state index is 2.86. The Labute approximate surface area is 166 Å². The minimum atomic E-state index is -1.67. The van der Waals surface area contributed by atoms with Crippen LogP contribution in [0.3, 0.4) is 0 Å². The molecule has 0 radical (unpaired) electrons. The normalized spacial score (nSPS) is 12.9. The van der Waals surface area contributed by atoms with Crippen molar-refractivity contribution in [3.8, 4) is 0 Å². The van der Waals surface area contributed by atoms with Gasteiger partial charge in [0.2, 0.25) is 0 Å². The van der Waals surface area contributed by atoms with Crippen molar-refractivity contribution in [2.24, 2.45) is 0 Å². The molecule has 0 aromatic heterocycles. The second-order valence-corrected chi connectivity index (χ2v) is 11.4. The fraction of sp³-hybridized carbons (Fsp3) is 1.00. The lowest BCUT2D eigenvalue weighted by Crippen LogP contribution is -2.51. The van der Waals surface area contributed by atoms with E-state index in [-0.39, 0.29) is 0 Å². The Kier molecular flexibility index (Phi) is 15.4. The first-order chi connectivity index (χ1) is 12.5. The standard InChI is InChI=1S/C21H50N4P/c1-9-14-19-22(6)26(23(7)20-15-10-2,24(8)21-16-11-3)25(17-12-4)18-13-5/h9-21H2,1-8H3/q+1. The summed E-state index contributed by atoms with van der Waals surface area (Å²) in [5.74, 6) is 0. The summed E-state index contributed by atoms with van der Waals surface area (Å²) < 4.78 is 11.1. The average Bonchev–Trinajstić information content (AvgIpc) is 2.63. The Balaban J connectivity index is 5.99. The quantitative estimate of drug-likeness (QED) is 0.284. The summed E-state index contributed by atoms with van der Waals surface area (Å²) in [6, 6.07) is 0. The van der Waals surface area contributed by atoms with Crippen LogP contribution in [-0.4, -0.2) is 72.5 Å². The zero-order chi connectivity index (χ0) is 20.0. The Bertz CT molecular complexity index is 285. The molecule has 0 rings (SSSR count). The molecule has 0 aromatic carbocycles. The van der Waals surface area contributed by atoms with E-state index in [0.29, 0.717) is 0 Å². The van der Waals surface area contributed by atoms with Crippen LogP contribution in [0.4, 0.5) is 0 Å². The Morgan fingerprint density at radius 3 is 1.00 bits per heavy atom. The van der Waals surface area contributed by atoms with Crippen LogP contribution < -0.4 is 0 Å². The SMILES string of the molecule is CCCCN(C)[P+](N(C)CCCC)(N(C)CCCC)N(CCC)CCC. The molecular formula is C21H50N4P+. The predicted octanol–water partition coefficient (Wildman–Crippen LogP) is 5.98. The van der Waals surface area contributed by atoms with E-state index in [2.05, 4.69) is 74.4 Å². The summed E-state index contributed by atoms with van der Waals surface area (Å²) in [5.41, 5.74) is 0. The molecule has 158 valence electrons. The predicted molar refractivity (Wildman–Crippen MR) is 122 cm³/mol. The van der Waals surface area contributed by atoms with Gasteiger partial charge in [-0.3, -0.25) is 0 Å². The van der Waals surface area contributed by atoms with Crippen molar-refractivity contribution in [2.75, 3.05) is 53.9 Å². The molecule has 0 bridgehead atoms. The van der Waals surface area contributed by atoms with Gasteiger partial charge < -0.3 is 0 Å². The van der Waals surface area contributed by atoms with Gasteiger partial charge in [-0.2, -0.15) is 0 Å². The molecule has 0 aliphatic carbocycles. The van der Waals surface area contributed by atoms with Crippen molar-refractivity contribution in [1.82, 2.24) is 18.7 Å². The summed E-state index contributed by atoms with van der Waals surface area (Å²) in [5, 5.41) is 0. The van der Waals surface area contributed by atoms with Gasteiger partial charge in [-0.15, -0.1) is 18.7 Å². The third kappa shape index (κ3) is 7.36. The molecule has 0 unspecified atom stereocenters. The van der Waals surface area contributed by atoms with Crippen molar-refractivity contribution in [1.29, 1.82) is 0 Å². The topological polar surface area (TPSA) is 13.0 Å². The van der Waals surface area contributed by atoms with Crippen LogP contribution in [0.2, 0.25) is 0 Å². The minimum absolute atomic E-state index is 1.20. The van der Waals surface area contributed by atoms with Crippen LogP contribution in [0.5, 0.6) is 0 Å². The molecule has 0 heterocycles. The van der Waals surface area contributed by atoms with Gasteiger partial charge in [0.25, 0.3) is 0 Å². The van der Waals surface area contributed by atoms with E-state index in [1.807, 2.05) is 0 Å². The molecule has 0 fully saturated rings. The lowest BCUT2D eigenvalue weighted by atomic mass is 10.3. The van der Waals surface area contributed by atoms with E-state index in [4.69, 9.17) is 0 Å². The van der Waals surface area contributed by atoms with E-state index >= 15 is 0 Å². The first-order valence-corrected chi connectivity index (χ1v) is 12.9. The molecule has 0 N–H and O–H groups in total. The zero-order valence-electron chi connectivity index (χ0n) is 19.4. The number of nitrogens with zero attached hydrogens (tertiary/aromatic N) is 4. The molecule has 26 heavy (non-hydrogen) atoms. The maximum atomic E-state index is 2.86. The van der Waals surface area contributed by atoms with Crippen molar-refractivity contribution in [3.05, 3.63) is 0 Å². The highest BCUT2D eigenvalue weighted by Gasteiger charge is 2.56. The van der Waals surface area contributed by atoms with Gasteiger partial charge in [-0.1, -0.05) is 53.9 Å². The summed E-state index contributed by atoms with van der Waals surface area (Å²) in [6.07, 6.45) is 10.1. The van der Waals surface area contributed by atoms with E-state index in [9.17, 15) is 0 Å². The number of unbranched alkanes of at least 4 members (excludes halogenated alkanes) is 3. The summed E-state index contributed by atoms with van der Waals surface area (Å²) in [6.45, 7) is 17.6. The Morgan fingerprint density at radius 2 is 0.769 bits per heavy atom. The van der Waals surface area contributed by atoms with Crippen LogP contribution >= 0.6 is 7.87 Å². The molecule has 0 saturated carbocycles.